The third-order valence-electron chi connectivity index (χ3n) is 3.49. The maximum atomic E-state index is 7.51. The summed E-state index contributed by atoms with van der Waals surface area (Å²) in [5.74, 6) is 1.60. The van der Waals surface area contributed by atoms with Crippen molar-refractivity contribution < 1.29 is 4.74 Å². The lowest BCUT2D eigenvalue weighted by atomic mass is 10.1. The van der Waals surface area contributed by atoms with Crippen molar-refractivity contribution in [3.63, 3.8) is 0 Å². The lowest BCUT2D eigenvalue weighted by Gasteiger charge is -2.07. The van der Waals surface area contributed by atoms with Crippen LogP contribution >= 0.6 is 0 Å². The minimum absolute atomic E-state index is 0.0353. The van der Waals surface area contributed by atoms with Gasteiger partial charge in [0.15, 0.2) is 0 Å². The standard InChI is InChI=1S/C21H28N4O/c1-4-18(22)15-25-14-17(13-21(23)24)16(3)11-12-19(5-2)26-20-9-7-6-8-10-20/h6-15H,4-5,22H2,1-3H3,(H3,23,24)/b16-11+,17-13-,18-15+,19-12+,25-14-. The topological polar surface area (TPSA) is 97.5 Å². The molecule has 0 aliphatic carbocycles. The van der Waals surface area contributed by atoms with Crippen LogP contribution < -0.4 is 16.2 Å². The van der Waals surface area contributed by atoms with Crippen LogP contribution in [-0.2, 0) is 0 Å². The molecule has 26 heavy (non-hydrogen) atoms. The molecule has 5 nitrogen and oxygen atoms in total. The molecular weight excluding hydrogens is 324 g/mol. The number of ether oxygens (including phenoxy) is 1. The highest BCUT2D eigenvalue weighted by molar-refractivity contribution is 5.98. The van der Waals surface area contributed by atoms with E-state index in [0.717, 1.165) is 35.5 Å². The van der Waals surface area contributed by atoms with E-state index in [2.05, 4.69) is 4.99 Å². The van der Waals surface area contributed by atoms with Crippen molar-refractivity contribution in [2.45, 2.75) is 33.6 Å². The normalized spacial score (nSPS) is 14.0. The highest BCUT2D eigenvalue weighted by Gasteiger charge is 2.00. The van der Waals surface area contributed by atoms with Gasteiger partial charge in [-0.1, -0.05) is 38.1 Å². The summed E-state index contributed by atoms with van der Waals surface area (Å²) in [6, 6.07) is 9.65. The summed E-state index contributed by atoms with van der Waals surface area (Å²) in [7, 11) is 0. The first-order chi connectivity index (χ1) is 12.5. The molecule has 0 radical (unpaired) electrons. The number of nitrogens with one attached hydrogen (secondary N) is 1. The fraction of sp³-hybridized carbons (Fsp3) is 0.238. The zero-order valence-electron chi connectivity index (χ0n) is 15.7. The van der Waals surface area contributed by atoms with E-state index in [0.29, 0.717) is 5.70 Å². The van der Waals surface area contributed by atoms with Crippen LogP contribution in [-0.4, -0.2) is 12.1 Å². The summed E-state index contributed by atoms with van der Waals surface area (Å²) < 4.78 is 5.87. The predicted molar refractivity (Wildman–Crippen MR) is 110 cm³/mol. The van der Waals surface area contributed by atoms with Crippen LogP contribution in [0.1, 0.15) is 33.6 Å². The second-order valence-corrected chi connectivity index (χ2v) is 5.64. The first-order valence-corrected chi connectivity index (χ1v) is 8.60. The van der Waals surface area contributed by atoms with E-state index < -0.39 is 0 Å². The molecule has 0 spiro atoms. The molecule has 0 saturated heterocycles. The molecule has 1 aromatic carbocycles. The monoisotopic (exact) mass is 352 g/mol. The fourth-order valence-corrected chi connectivity index (χ4v) is 1.90. The molecular formula is C21H28N4O. The molecule has 138 valence electrons. The molecule has 0 bridgehead atoms. The number of hydrogen-bond acceptors (Lipinski definition) is 4. The Hall–Kier alpha value is -3.08. The van der Waals surface area contributed by atoms with E-state index in [4.69, 9.17) is 21.6 Å². The highest BCUT2D eigenvalue weighted by atomic mass is 16.5. The molecule has 0 atom stereocenters. The summed E-state index contributed by atoms with van der Waals surface area (Å²) in [6.07, 6.45) is 10.1. The summed E-state index contributed by atoms with van der Waals surface area (Å²) >= 11 is 0. The van der Waals surface area contributed by atoms with Crippen molar-refractivity contribution in [1.29, 1.82) is 5.41 Å². The molecule has 0 aliphatic rings. The fourth-order valence-electron chi connectivity index (χ4n) is 1.90. The number of hydrogen-bond donors (Lipinski definition) is 3. The number of para-hydroxylation sites is 1. The first kappa shape index (κ1) is 21.0. The van der Waals surface area contributed by atoms with Gasteiger partial charge in [0.2, 0.25) is 0 Å². The van der Waals surface area contributed by atoms with Gasteiger partial charge in [0.25, 0.3) is 0 Å². The Morgan fingerprint density at radius 2 is 1.81 bits per heavy atom. The van der Waals surface area contributed by atoms with Crippen molar-refractivity contribution in [3.05, 3.63) is 77.4 Å². The number of allylic oxidation sites excluding steroid dienone is 6. The SMILES string of the molecule is CC\C(N)=C/N=C\C(=C\C(=N)N)C(\C)=C\C=C(/CC)Oc1ccccc1. The number of rotatable bonds is 9. The van der Waals surface area contributed by atoms with Crippen LogP contribution in [0.3, 0.4) is 0 Å². The number of benzene rings is 1. The lowest BCUT2D eigenvalue weighted by molar-refractivity contribution is 0.409. The summed E-state index contributed by atoms with van der Waals surface area (Å²) in [5.41, 5.74) is 13.6. The van der Waals surface area contributed by atoms with Gasteiger partial charge < -0.3 is 16.2 Å². The highest BCUT2D eigenvalue weighted by Crippen LogP contribution is 2.16. The van der Waals surface area contributed by atoms with Crippen LogP contribution in [0.25, 0.3) is 0 Å². The molecule has 0 aliphatic heterocycles. The number of nitrogens with two attached hydrogens (primary N) is 2. The predicted octanol–water partition coefficient (Wildman–Crippen LogP) is 4.45. The quantitative estimate of drug-likeness (QED) is 0.265. The van der Waals surface area contributed by atoms with Crippen LogP contribution in [0.15, 0.2) is 82.4 Å². The zero-order chi connectivity index (χ0) is 19.4. The average molecular weight is 352 g/mol. The van der Waals surface area contributed by atoms with E-state index in [1.54, 1.807) is 18.5 Å². The Balaban J connectivity index is 3.00. The van der Waals surface area contributed by atoms with Gasteiger partial charge in [-0.2, -0.15) is 0 Å². The zero-order valence-corrected chi connectivity index (χ0v) is 15.7. The van der Waals surface area contributed by atoms with Gasteiger partial charge in [-0.3, -0.25) is 10.4 Å². The largest absolute Gasteiger partial charge is 0.462 e. The van der Waals surface area contributed by atoms with Gasteiger partial charge in [-0.05, 0) is 48.8 Å². The Morgan fingerprint density at radius 3 is 2.38 bits per heavy atom. The van der Waals surface area contributed by atoms with E-state index in [1.807, 2.05) is 63.3 Å². The van der Waals surface area contributed by atoms with Gasteiger partial charge in [0.1, 0.15) is 17.3 Å². The lowest BCUT2D eigenvalue weighted by Crippen LogP contribution is -2.07. The maximum absolute atomic E-state index is 7.51. The third-order valence-corrected chi connectivity index (χ3v) is 3.49. The molecule has 0 heterocycles. The second kappa shape index (κ2) is 11.5. The van der Waals surface area contributed by atoms with E-state index in [-0.39, 0.29) is 5.84 Å². The number of amidine groups is 1. The van der Waals surface area contributed by atoms with Crippen molar-refractivity contribution in [2.75, 3.05) is 0 Å². The molecule has 0 fully saturated rings. The van der Waals surface area contributed by atoms with Gasteiger partial charge in [0.05, 0.1) is 0 Å². The Kier molecular flexibility index (Phi) is 9.25. The molecule has 5 heteroatoms. The minimum Gasteiger partial charge on any atom is -0.462 e. The maximum Gasteiger partial charge on any atom is 0.126 e. The van der Waals surface area contributed by atoms with Crippen molar-refractivity contribution in [3.8, 4) is 5.75 Å². The second-order valence-electron chi connectivity index (χ2n) is 5.64. The smallest absolute Gasteiger partial charge is 0.126 e. The van der Waals surface area contributed by atoms with Crippen molar-refractivity contribution in [2.24, 2.45) is 16.5 Å². The Labute approximate surface area is 156 Å². The van der Waals surface area contributed by atoms with Crippen LogP contribution in [0.5, 0.6) is 5.75 Å². The molecule has 0 amide bonds. The third kappa shape index (κ3) is 8.15. The molecule has 1 aromatic rings. The van der Waals surface area contributed by atoms with Crippen LogP contribution in [0, 0.1) is 5.41 Å². The summed E-state index contributed by atoms with van der Waals surface area (Å²) in [6.45, 7) is 5.92. The van der Waals surface area contributed by atoms with E-state index in [9.17, 15) is 0 Å². The Morgan fingerprint density at radius 1 is 1.12 bits per heavy atom. The molecule has 5 N–H and O–H groups in total. The summed E-state index contributed by atoms with van der Waals surface area (Å²) in [5, 5.41) is 7.51. The Bertz CT molecular complexity index is 741. The van der Waals surface area contributed by atoms with Crippen molar-refractivity contribution >= 4 is 12.1 Å². The first-order valence-electron chi connectivity index (χ1n) is 8.60. The molecule has 0 unspecified atom stereocenters. The van der Waals surface area contributed by atoms with E-state index in [1.165, 1.54) is 0 Å². The van der Waals surface area contributed by atoms with Gasteiger partial charge in [-0.15, -0.1) is 0 Å². The van der Waals surface area contributed by atoms with Gasteiger partial charge in [0, 0.05) is 24.5 Å². The molecule has 1 rings (SSSR count). The van der Waals surface area contributed by atoms with Crippen LogP contribution in [0.4, 0.5) is 0 Å². The number of nitrogens with zero attached hydrogens (tertiary/aromatic N) is 1. The molecule has 0 aromatic heterocycles. The van der Waals surface area contributed by atoms with Crippen molar-refractivity contribution in [1.82, 2.24) is 0 Å². The minimum atomic E-state index is -0.0353. The molecule has 0 saturated carbocycles. The number of aliphatic imine (C=N–C) groups is 1. The van der Waals surface area contributed by atoms with Crippen LogP contribution in [0.2, 0.25) is 0 Å². The van der Waals surface area contributed by atoms with E-state index >= 15 is 0 Å². The van der Waals surface area contributed by atoms with Gasteiger partial charge >= 0.3 is 0 Å². The van der Waals surface area contributed by atoms with Gasteiger partial charge in [-0.25, -0.2) is 0 Å². The summed E-state index contributed by atoms with van der Waals surface area (Å²) in [4.78, 5) is 4.21. The average Bonchev–Trinajstić information content (AvgIpc) is 2.64.